The number of carbonyl (C=O) groups excluding carboxylic acids is 1. The summed E-state index contributed by atoms with van der Waals surface area (Å²) >= 11 is 1.55. The van der Waals surface area contributed by atoms with Crippen LogP contribution in [0, 0.1) is 0 Å². The summed E-state index contributed by atoms with van der Waals surface area (Å²) < 4.78 is 1.03. The number of hydrogen-bond acceptors (Lipinski definition) is 3. The van der Waals surface area contributed by atoms with Gasteiger partial charge < -0.3 is 10.3 Å². The van der Waals surface area contributed by atoms with Gasteiger partial charge in [0.25, 0.3) is 5.91 Å². The Morgan fingerprint density at radius 2 is 2.17 bits per heavy atom. The number of nitrogens with one attached hydrogen (secondary N) is 2. The third-order valence-corrected chi connectivity index (χ3v) is 4.96. The highest BCUT2D eigenvalue weighted by Gasteiger charge is 2.13. The zero-order valence-electron chi connectivity index (χ0n) is 13.2. The largest absolute Gasteiger partial charge is 0.361 e. The summed E-state index contributed by atoms with van der Waals surface area (Å²) in [6, 6.07) is 13.9. The number of benzene rings is 2. The van der Waals surface area contributed by atoms with Gasteiger partial charge in [-0.1, -0.05) is 18.2 Å². The van der Waals surface area contributed by atoms with Gasteiger partial charge in [0.1, 0.15) is 0 Å². The Kier molecular flexibility index (Phi) is 3.78. The molecule has 0 fully saturated rings. The molecule has 2 heterocycles. The van der Waals surface area contributed by atoms with Crippen molar-refractivity contribution in [3.63, 3.8) is 0 Å². The van der Waals surface area contributed by atoms with Crippen molar-refractivity contribution in [2.75, 3.05) is 0 Å². The number of aromatic nitrogens is 2. The molecule has 2 aromatic heterocycles. The average Bonchev–Trinajstić information content (AvgIpc) is 3.21. The highest BCUT2D eigenvalue weighted by molar-refractivity contribution is 7.16. The maximum atomic E-state index is 12.5. The van der Waals surface area contributed by atoms with Crippen molar-refractivity contribution in [2.24, 2.45) is 0 Å². The van der Waals surface area contributed by atoms with Crippen LogP contribution in [-0.2, 0) is 6.42 Å². The number of fused-ring (bicyclic) bond motifs is 2. The lowest BCUT2D eigenvalue weighted by atomic mass is 10.1. The molecule has 2 N–H and O–H groups in total. The first-order chi connectivity index (χ1) is 11.7. The first-order valence-corrected chi connectivity index (χ1v) is 8.78. The molecule has 4 nitrogen and oxygen atoms in total. The number of amides is 1. The average molecular weight is 335 g/mol. The smallest absolute Gasteiger partial charge is 0.251 e. The topological polar surface area (TPSA) is 57.8 Å². The number of carbonyl (C=O) groups is 1. The van der Waals surface area contributed by atoms with E-state index in [1.54, 1.807) is 16.8 Å². The Balaban J connectivity index is 1.48. The van der Waals surface area contributed by atoms with Crippen LogP contribution in [0.1, 0.15) is 22.8 Å². The number of para-hydroxylation sites is 1. The van der Waals surface area contributed by atoms with Gasteiger partial charge in [0.05, 0.1) is 15.7 Å². The van der Waals surface area contributed by atoms with Crippen LogP contribution in [0.4, 0.5) is 0 Å². The molecule has 5 heteroatoms. The second-order valence-corrected chi connectivity index (χ2v) is 6.86. The monoisotopic (exact) mass is 335 g/mol. The van der Waals surface area contributed by atoms with E-state index in [0.29, 0.717) is 5.56 Å². The number of hydrogen-bond donors (Lipinski definition) is 2. The fourth-order valence-corrected chi connectivity index (χ4v) is 3.70. The van der Waals surface area contributed by atoms with E-state index in [1.165, 1.54) is 10.9 Å². The molecule has 1 atom stereocenters. The molecule has 0 aliphatic carbocycles. The SMILES string of the molecule is CC(Cc1c[nH]c2ccccc12)NC(=O)c1ccc2ncsc2c1. The standard InChI is InChI=1S/C19H17N3OS/c1-12(8-14-10-20-16-5-3-2-4-15(14)16)22-19(23)13-6-7-17-18(9-13)24-11-21-17/h2-7,9-12,20H,8H2,1H3,(H,22,23). The van der Waals surface area contributed by atoms with E-state index in [-0.39, 0.29) is 11.9 Å². The van der Waals surface area contributed by atoms with E-state index in [1.807, 2.05) is 43.5 Å². The fraction of sp³-hybridized carbons (Fsp3) is 0.158. The molecule has 0 aliphatic rings. The Bertz CT molecular complexity index is 1020. The Labute approximate surface area is 143 Å². The second kappa shape index (κ2) is 6.09. The first-order valence-electron chi connectivity index (χ1n) is 7.90. The van der Waals surface area contributed by atoms with E-state index in [2.05, 4.69) is 27.4 Å². The minimum Gasteiger partial charge on any atom is -0.361 e. The molecular weight excluding hydrogens is 318 g/mol. The number of thiazole rings is 1. The summed E-state index contributed by atoms with van der Waals surface area (Å²) in [6.07, 6.45) is 2.81. The van der Waals surface area contributed by atoms with Crippen molar-refractivity contribution in [3.05, 3.63) is 65.3 Å². The Morgan fingerprint density at radius 1 is 1.29 bits per heavy atom. The van der Waals surface area contributed by atoms with Crippen LogP contribution in [0.25, 0.3) is 21.1 Å². The van der Waals surface area contributed by atoms with Gasteiger partial charge in [0.15, 0.2) is 0 Å². The third kappa shape index (κ3) is 2.78. The van der Waals surface area contributed by atoms with Gasteiger partial charge in [0, 0.05) is 28.7 Å². The predicted octanol–water partition coefficient (Wildman–Crippen LogP) is 4.14. The number of nitrogens with zero attached hydrogens (tertiary/aromatic N) is 1. The van der Waals surface area contributed by atoms with Gasteiger partial charge in [-0.25, -0.2) is 4.98 Å². The van der Waals surface area contributed by atoms with Crippen LogP contribution < -0.4 is 5.32 Å². The van der Waals surface area contributed by atoms with Crippen LogP contribution in [0.3, 0.4) is 0 Å². The minimum atomic E-state index is -0.0439. The Morgan fingerprint density at radius 3 is 3.08 bits per heavy atom. The molecule has 0 radical (unpaired) electrons. The zero-order chi connectivity index (χ0) is 16.5. The van der Waals surface area contributed by atoms with Gasteiger partial charge in [-0.15, -0.1) is 11.3 Å². The van der Waals surface area contributed by atoms with E-state index < -0.39 is 0 Å². The highest BCUT2D eigenvalue weighted by atomic mass is 32.1. The van der Waals surface area contributed by atoms with E-state index in [9.17, 15) is 4.79 Å². The first kappa shape index (κ1) is 14.9. The number of H-pyrrole nitrogens is 1. The van der Waals surface area contributed by atoms with E-state index in [4.69, 9.17) is 0 Å². The van der Waals surface area contributed by atoms with Gasteiger partial charge in [-0.05, 0) is 43.2 Å². The molecule has 0 aliphatic heterocycles. The highest BCUT2D eigenvalue weighted by Crippen LogP contribution is 2.20. The van der Waals surface area contributed by atoms with Crippen molar-refractivity contribution >= 4 is 38.4 Å². The molecule has 4 aromatic rings. The molecular formula is C19H17N3OS. The predicted molar refractivity (Wildman–Crippen MR) is 98.6 cm³/mol. The number of aromatic amines is 1. The summed E-state index contributed by atoms with van der Waals surface area (Å²) in [5, 5.41) is 4.30. The zero-order valence-corrected chi connectivity index (χ0v) is 14.1. The quantitative estimate of drug-likeness (QED) is 0.589. The van der Waals surface area contributed by atoms with Crippen molar-refractivity contribution in [3.8, 4) is 0 Å². The molecule has 1 unspecified atom stereocenters. The summed E-state index contributed by atoms with van der Waals surface area (Å²) in [5.74, 6) is -0.0439. The van der Waals surface area contributed by atoms with Crippen molar-refractivity contribution in [1.29, 1.82) is 0 Å². The summed E-state index contributed by atoms with van der Waals surface area (Å²) in [6.45, 7) is 2.03. The molecule has 0 spiro atoms. The lowest BCUT2D eigenvalue weighted by molar-refractivity contribution is 0.0940. The van der Waals surface area contributed by atoms with Crippen LogP contribution in [0.15, 0.2) is 54.2 Å². The van der Waals surface area contributed by atoms with Crippen molar-refractivity contribution in [1.82, 2.24) is 15.3 Å². The van der Waals surface area contributed by atoms with E-state index in [0.717, 1.165) is 22.2 Å². The molecule has 120 valence electrons. The van der Waals surface area contributed by atoms with Crippen molar-refractivity contribution in [2.45, 2.75) is 19.4 Å². The van der Waals surface area contributed by atoms with Gasteiger partial charge in [0.2, 0.25) is 0 Å². The molecule has 0 saturated heterocycles. The molecule has 1 amide bonds. The number of rotatable bonds is 4. The van der Waals surface area contributed by atoms with Crippen molar-refractivity contribution < 1.29 is 4.79 Å². The van der Waals surface area contributed by atoms with E-state index >= 15 is 0 Å². The normalized spacial score (nSPS) is 12.5. The maximum Gasteiger partial charge on any atom is 0.251 e. The second-order valence-electron chi connectivity index (χ2n) is 5.97. The summed E-state index contributed by atoms with van der Waals surface area (Å²) in [4.78, 5) is 20.0. The molecule has 0 saturated carbocycles. The molecule has 4 rings (SSSR count). The van der Waals surface area contributed by atoms with Gasteiger partial charge >= 0.3 is 0 Å². The van der Waals surface area contributed by atoms with Gasteiger partial charge in [-0.2, -0.15) is 0 Å². The van der Waals surface area contributed by atoms with Gasteiger partial charge in [-0.3, -0.25) is 4.79 Å². The lowest BCUT2D eigenvalue weighted by Crippen LogP contribution is -2.34. The Hall–Kier alpha value is -2.66. The summed E-state index contributed by atoms with van der Waals surface area (Å²) in [7, 11) is 0. The van der Waals surface area contributed by atoms with Crippen LogP contribution in [0.2, 0.25) is 0 Å². The van der Waals surface area contributed by atoms with Crippen LogP contribution in [-0.4, -0.2) is 21.9 Å². The molecule has 24 heavy (non-hydrogen) atoms. The maximum absolute atomic E-state index is 12.5. The minimum absolute atomic E-state index is 0.0439. The molecule has 0 bridgehead atoms. The third-order valence-electron chi connectivity index (χ3n) is 4.17. The molecule has 2 aromatic carbocycles. The van der Waals surface area contributed by atoms with Crippen LogP contribution >= 0.6 is 11.3 Å². The summed E-state index contributed by atoms with van der Waals surface area (Å²) in [5.41, 5.74) is 5.75. The lowest BCUT2D eigenvalue weighted by Gasteiger charge is -2.13. The fourth-order valence-electron chi connectivity index (χ4n) is 2.98. The van der Waals surface area contributed by atoms with Crippen LogP contribution in [0.5, 0.6) is 0 Å².